The van der Waals surface area contributed by atoms with Crippen molar-refractivity contribution in [2.45, 2.75) is 51.2 Å². The molecule has 0 fully saturated rings. The predicted octanol–water partition coefficient (Wildman–Crippen LogP) is 2.98. The molecule has 0 saturated heterocycles. The molecular formula is C23H29N5O5S. The lowest BCUT2D eigenvalue weighted by Crippen LogP contribution is -2.47. The third kappa shape index (κ3) is 6.17. The molecular weight excluding hydrogens is 458 g/mol. The van der Waals surface area contributed by atoms with Crippen LogP contribution in [0.2, 0.25) is 0 Å². The van der Waals surface area contributed by atoms with Gasteiger partial charge in [-0.25, -0.2) is 8.42 Å². The van der Waals surface area contributed by atoms with Gasteiger partial charge in [-0.15, -0.1) is 15.0 Å². The molecule has 182 valence electrons. The number of hydrogen-bond donors (Lipinski definition) is 1. The van der Waals surface area contributed by atoms with Crippen LogP contribution in [0, 0.1) is 5.92 Å². The van der Waals surface area contributed by atoms with E-state index in [0.29, 0.717) is 22.8 Å². The van der Waals surface area contributed by atoms with E-state index in [9.17, 15) is 13.2 Å². The van der Waals surface area contributed by atoms with Gasteiger partial charge in [-0.05, 0) is 80.4 Å². The maximum absolute atomic E-state index is 12.9. The minimum atomic E-state index is -3.97. The average molecular weight is 488 g/mol. The van der Waals surface area contributed by atoms with E-state index in [4.69, 9.17) is 9.47 Å². The Bertz CT molecular complexity index is 1230. The zero-order valence-corrected chi connectivity index (χ0v) is 20.8. The summed E-state index contributed by atoms with van der Waals surface area (Å²) < 4.78 is 38.8. The largest absolute Gasteiger partial charge is 0.497 e. The Labute approximate surface area is 199 Å². The molecule has 3 rings (SSSR count). The lowest BCUT2D eigenvalue weighted by Gasteiger charge is -2.26. The summed E-state index contributed by atoms with van der Waals surface area (Å²) in [6, 6.07) is 12.2. The van der Waals surface area contributed by atoms with Crippen molar-refractivity contribution < 1.29 is 22.7 Å². The second kappa shape index (κ2) is 9.90. The highest BCUT2D eigenvalue weighted by Crippen LogP contribution is 2.20. The number of aromatic nitrogens is 4. The number of benzene rings is 2. The van der Waals surface area contributed by atoms with Gasteiger partial charge in [0.2, 0.25) is 15.8 Å². The normalized spacial score (nSPS) is 13.0. The second-order valence-electron chi connectivity index (χ2n) is 9.00. The van der Waals surface area contributed by atoms with Gasteiger partial charge in [0.15, 0.2) is 0 Å². The van der Waals surface area contributed by atoms with Crippen molar-refractivity contribution in [2.75, 3.05) is 7.11 Å². The fourth-order valence-electron chi connectivity index (χ4n) is 2.99. The summed E-state index contributed by atoms with van der Waals surface area (Å²) in [4.78, 5) is 13.9. The molecule has 2 aromatic carbocycles. The van der Waals surface area contributed by atoms with Gasteiger partial charge in [-0.1, -0.05) is 13.8 Å². The minimum absolute atomic E-state index is 0.00741. The van der Waals surface area contributed by atoms with Crippen LogP contribution in [0.1, 0.15) is 34.6 Å². The van der Waals surface area contributed by atoms with Gasteiger partial charge in [0.25, 0.3) is 0 Å². The van der Waals surface area contributed by atoms with Gasteiger partial charge in [0.05, 0.1) is 17.7 Å². The van der Waals surface area contributed by atoms with Crippen LogP contribution in [0.25, 0.3) is 17.1 Å². The fourth-order valence-corrected chi connectivity index (χ4v) is 4.33. The number of tetrazole rings is 1. The van der Waals surface area contributed by atoms with E-state index < -0.39 is 27.6 Å². The highest BCUT2D eigenvalue weighted by molar-refractivity contribution is 7.89. The Hall–Kier alpha value is -3.31. The second-order valence-corrected chi connectivity index (χ2v) is 10.7. The quantitative estimate of drug-likeness (QED) is 0.481. The van der Waals surface area contributed by atoms with Crippen LogP contribution < -0.4 is 9.46 Å². The zero-order valence-electron chi connectivity index (χ0n) is 20.0. The molecule has 11 heteroatoms. The molecule has 1 atom stereocenters. The molecule has 0 unspecified atom stereocenters. The maximum atomic E-state index is 12.9. The molecule has 1 N–H and O–H groups in total. The standard InChI is InChI=1S/C23H29N5O5S/c1-15(2)20(22(29)33-23(3,4)5)26-34(30,31)19-13-7-16(8-14-19)21-24-27-28(25-21)17-9-11-18(32-6)12-10-17/h7-15,20,26H,1-6H3/t20-/m1/s1. The van der Waals surface area contributed by atoms with E-state index in [1.807, 2.05) is 0 Å². The first-order chi connectivity index (χ1) is 15.9. The molecule has 0 radical (unpaired) electrons. The molecule has 0 bridgehead atoms. The van der Waals surface area contributed by atoms with E-state index in [2.05, 4.69) is 20.1 Å². The number of ether oxygens (including phenoxy) is 2. The van der Waals surface area contributed by atoms with Crippen LogP contribution in [0.3, 0.4) is 0 Å². The van der Waals surface area contributed by atoms with Crippen LogP contribution in [0.4, 0.5) is 0 Å². The van der Waals surface area contributed by atoms with Crippen LogP contribution in [0.15, 0.2) is 53.4 Å². The number of methoxy groups -OCH3 is 1. The molecule has 3 aromatic rings. The maximum Gasteiger partial charge on any atom is 0.324 e. The molecule has 0 aliphatic carbocycles. The lowest BCUT2D eigenvalue weighted by molar-refractivity contribution is -0.158. The Morgan fingerprint density at radius 2 is 1.65 bits per heavy atom. The van der Waals surface area contributed by atoms with Crippen molar-refractivity contribution in [3.8, 4) is 22.8 Å². The van der Waals surface area contributed by atoms with Crippen molar-refractivity contribution in [3.05, 3.63) is 48.5 Å². The number of esters is 1. The van der Waals surface area contributed by atoms with Gasteiger partial charge in [0.1, 0.15) is 17.4 Å². The Kier molecular flexibility index (Phi) is 7.37. The van der Waals surface area contributed by atoms with E-state index in [1.165, 1.54) is 16.9 Å². The number of nitrogens with one attached hydrogen (secondary N) is 1. The number of rotatable bonds is 8. The van der Waals surface area contributed by atoms with Gasteiger partial charge in [0, 0.05) is 5.56 Å². The van der Waals surface area contributed by atoms with Crippen LogP contribution >= 0.6 is 0 Å². The van der Waals surface area contributed by atoms with Crippen molar-refractivity contribution in [3.63, 3.8) is 0 Å². The summed E-state index contributed by atoms with van der Waals surface area (Å²) in [7, 11) is -2.39. The van der Waals surface area contributed by atoms with E-state index in [-0.39, 0.29) is 10.8 Å². The van der Waals surface area contributed by atoms with Crippen molar-refractivity contribution in [1.29, 1.82) is 0 Å². The summed E-state index contributed by atoms with van der Waals surface area (Å²) in [5.41, 5.74) is 0.559. The van der Waals surface area contributed by atoms with Crippen LogP contribution in [-0.4, -0.2) is 53.3 Å². The first-order valence-corrected chi connectivity index (χ1v) is 12.2. The average Bonchev–Trinajstić information content (AvgIpc) is 3.26. The monoisotopic (exact) mass is 487 g/mol. The van der Waals surface area contributed by atoms with Crippen molar-refractivity contribution in [1.82, 2.24) is 24.9 Å². The molecule has 34 heavy (non-hydrogen) atoms. The van der Waals surface area contributed by atoms with Gasteiger partial charge >= 0.3 is 5.97 Å². The zero-order chi connectivity index (χ0) is 25.1. The summed E-state index contributed by atoms with van der Waals surface area (Å²) in [5, 5.41) is 12.5. The van der Waals surface area contributed by atoms with E-state index >= 15 is 0 Å². The Balaban J connectivity index is 1.77. The minimum Gasteiger partial charge on any atom is -0.497 e. The molecule has 1 heterocycles. The van der Waals surface area contributed by atoms with Gasteiger partial charge < -0.3 is 9.47 Å². The van der Waals surface area contributed by atoms with Gasteiger partial charge in [-0.3, -0.25) is 4.79 Å². The molecule has 10 nitrogen and oxygen atoms in total. The summed E-state index contributed by atoms with van der Waals surface area (Å²) in [6.45, 7) is 8.69. The Morgan fingerprint density at radius 1 is 1.03 bits per heavy atom. The smallest absolute Gasteiger partial charge is 0.324 e. The number of sulfonamides is 1. The SMILES string of the molecule is COc1ccc(-n2nnc(-c3ccc(S(=O)(=O)N[C@@H](C(=O)OC(C)(C)C)C(C)C)cc3)n2)cc1. The molecule has 0 aliphatic heterocycles. The highest BCUT2D eigenvalue weighted by Gasteiger charge is 2.32. The third-order valence-corrected chi connectivity index (χ3v) is 6.21. The summed E-state index contributed by atoms with van der Waals surface area (Å²) >= 11 is 0. The van der Waals surface area contributed by atoms with Crippen molar-refractivity contribution in [2.24, 2.45) is 5.92 Å². The highest BCUT2D eigenvalue weighted by atomic mass is 32.2. The molecule has 0 aliphatic rings. The van der Waals surface area contributed by atoms with Crippen molar-refractivity contribution >= 4 is 16.0 Å². The Morgan fingerprint density at radius 3 is 2.18 bits per heavy atom. The lowest BCUT2D eigenvalue weighted by atomic mass is 10.1. The van der Waals surface area contributed by atoms with Crippen LogP contribution in [0.5, 0.6) is 5.75 Å². The number of carbonyl (C=O) groups is 1. The third-order valence-electron chi connectivity index (χ3n) is 4.75. The first-order valence-electron chi connectivity index (χ1n) is 10.7. The summed E-state index contributed by atoms with van der Waals surface area (Å²) in [5.74, 6) is 0.116. The first kappa shape index (κ1) is 25.3. The predicted molar refractivity (Wildman–Crippen MR) is 126 cm³/mol. The van der Waals surface area contributed by atoms with E-state index in [0.717, 1.165) is 0 Å². The molecule has 0 spiro atoms. The number of hydrogen-bond acceptors (Lipinski definition) is 8. The topological polar surface area (TPSA) is 125 Å². The number of carbonyl (C=O) groups excluding carboxylic acids is 1. The summed E-state index contributed by atoms with van der Waals surface area (Å²) in [6.07, 6.45) is 0. The molecule has 0 saturated carbocycles. The molecule has 1 aromatic heterocycles. The van der Waals surface area contributed by atoms with Gasteiger partial charge in [-0.2, -0.15) is 4.72 Å². The van der Waals surface area contributed by atoms with Crippen LogP contribution in [-0.2, 0) is 19.6 Å². The fraction of sp³-hybridized carbons (Fsp3) is 0.391. The van der Waals surface area contributed by atoms with E-state index in [1.54, 1.807) is 78.1 Å². The number of nitrogens with zero attached hydrogens (tertiary/aromatic N) is 4. The molecule has 0 amide bonds.